The van der Waals surface area contributed by atoms with Crippen LogP contribution in [0.3, 0.4) is 0 Å². The second-order valence-electron chi connectivity index (χ2n) is 8.45. The lowest BCUT2D eigenvalue weighted by molar-refractivity contribution is 0.000239. The van der Waals surface area contributed by atoms with E-state index < -0.39 is 6.10 Å². The van der Waals surface area contributed by atoms with Crippen LogP contribution in [0.25, 0.3) is 11.4 Å². The highest BCUT2D eigenvalue weighted by atomic mass is 35.5. The zero-order valence-electron chi connectivity index (χ0n) is 18.7. The number of hydrogen-bond donors (Lipinski definition) is 1. The van der Waals surface area contributed by atoms with E-state index in [1.807, 2.05) is 42.5 Å². The van der Waals surface area contributed by atoms with Crippen LogP contribution < -0.4 is 9.47 Å². The van der Waals surface area contributed by atoms with Gasteiger partial charge in [-0.15, -0.1) is 0 Å². The molecule has 1 unspecified atom stereocenters. The number of β-amino-alcohol motifs (C(OH)–C–C–N with tert-alkyl or cyclic N) is 1. The summed E-state index contributed by atoms with van der Waals surface area (Å²) in [6.45, 7) is 5.59. The highest BCUT2D eigenvalue weighted by Gasteiger charge is 2.21. The summed E-state index contributed by atoms with van der Waals surface area (Å²) in [7, 11) is 0. The number of hydrogen-bond acceptors (Lipinski definition) is 9. The summed E-state index contributed by atoms with van der Waals surface area (Å²) in [5.74, 6) is 2.65. The summed E-state index contributed by atoms with van der Waals surface area (Å²) in [5, 5.41) is 15.1. The van der Waals surface area contributed by atoms with E-state index in [-0.39, 0.29) is 13.4 Å². The highest BCUT2D eigenvalue weighted by Crippen LogP contribution is 2.32. The molecule has 0 bridgehead atoms. The van der Waals surface area contributed by atoms with Crippen molar-refractivity contribution in [3.8, 4) is 22.9 Å². The molecule has 1 atom stereocenters. The van der Waals surface area contributed by atoms with Gasteiger partial charge in [-0.3, -0.25) is 9.80 Å². The number of ether oxygens (including phenoxy) is 3. The van der Waals surface area contributed by atoms with Crippen molar-refractivity contribution < 1.29 is 23.8 Å². The average molecular weight is 487 g/mol. The van der Waals surface area contributed by atoms with Gasteiger partial charge in [-0.2, -0.15) is 4.98 Å². The SMILES string of the molecule is OC(COCc1ccc2c(c1)OCO2)CN1CCN(Cc2nc(-c3ccc(Cl)cc3)no2)CC1. The minimum absolute atomic E-state index is 0.255. The molecular weight excluding hydrogens is 460 g/mol. The van der Waals surface area contributed by atoms with Crippen LogP contribution in [0.2, 0.25) is 5.02 Å². The first-order chi connectivity index (χ1) is 16.6. The van der Waals surface area contributed by atoms with Crippen LogP contribution >= 0.6 is 11.6 Å². The third kappa shape index (κ3) is 5.86. The smallest absolute Gasteiger partial charge is 0.241 e. The topological polar surface area (TPSA) is 93.3 Å². The van der Waals surface area contributed by atoms with Gasteiger partial charge >= 0.3 is 0 Å². The second-order valence-corrected chi connectivity index (χ2v) is 8.89. The Bertz CT molecular complexity index is 1090. The standard InChI is InChI=1S/C24H27ClN4O5/c25-19-4-2-18(3-5-19)24-26-23(34-27-24)13-29-9-7-28(8-10-29)12-20(30)15-31-14-17-1-6-21-22(11-17)33-16-32-21/h1-6,11,20,30H,7-10,12-16H2. The molecule has 1 saturated heterocycles. The van der Waals surface area contributed by atoms with Crippen LogP contribution in [-0.4, -0.2) is 77.3 Å². The molecule has 5 rings (SSSR count). The summed E-state index contributed by atoms with van der Waals surface area (Å²) < 4.78 is 21.8. The first-order valence-electron chi connectivity index (χ1n) is 11.3. The van der Waals surface area contributed by atoms with Crippen LogP contribution in [0.15, 0.2) is 47.0 Å². The summed E-state index contributed by atoms with van der Waals surface area (Å²) >= 11 is 5.94. The summed E-state index contributed by atoms with van der Waals surface area (Å²) in [6, 6.07) is 13.1. The quantitative estimate of drug-likeness (QED) is 0.490. The van der Waals surface area contributed by atoms with Crippen molar-refractivity contribution in [1.29, 1.82) is 0 Å². The molecule has 0 aliphatic carbocycles. The maximum absolute atomic E-state index is 10.4. The molecule has 2 aliphatic rings. The van der Waals surface area contributed by atoms with Crippen molar-refractivity contribution in [3.05, 3.63) is 58.9 Å². The molecule has 2 aliphatic heterocycles. The normalized spacial score (nSPS) is 17.2. The summed E-state index contributed by atoms with van der Waals surface area (Å²) in [6.07, 6.45) is -0.543. The van der Waals surface area contributed by atoms with Crippen molar-refractivity contribution in [3.63, 3.8) is 0 Å². The molecule has 0 amide bonds. The number of halogens is 1. The van der Waals surface area contributed by atoms with Crippen LogP contribution in [0.1, 0.15) is 11.5 Å². The van der Waals surface area contributed by atoms with Gasteiger partial charge in [0.05, 0.1) is 25.9 Å². The molecule has 0 radical (unpaired) electrons. The monoisotopic (exact) mass is 486 g/mol. The predicted octanol–water partition coefficient (Wildman–Crippen LogP) is 2.81. The van der Waals surface area contributed by atoms with Crippen molar-refractivity contribution in [2.45, 2.75) is 19.3 Å². The predicted molar refractivity (Wildman–Crippen MR) is 125 cm³/mol. The molecular formula is C24H27ClN4O5. The van der Waals surface area contributed by atoms with E-state index in [0.717, 1.165) is 48.8 Å². The van der Waals surface area contributed by atoms with E-state index in [1.54, 1.807) is 0 Å². The van der Waals surface area contributed by atoms with Crippen molar-refractivity contribution >= 4 is 11.6 Å². The Labute approximate surface area is 202 Å². The Kier molecular flexibility index (Phi) is 7.27. The fraction of sp³-hybridized carbons (Fsp3) is 0.417. The van der Waals surface area contributed by atoms with Gasteiger partial charge in [0, 0.05) is 43.3 Å². The number of aliphatic hydroxyl groups is 1. The van der Waals surface area contributed by atoms with Gasteiger partial charge < -0.3 is 23.8 Å². The van der Waals surface area contributed by atoms with E-state index in [4.69, 9.17) is 30.3 Å². The lowest BCUT2D eigenvalue weighted by Gasteiger charge is -2.34. The lowest BCUT2D eigenvalue weighted by Crippen LogP contribution is -2.48. The number of fused-ring (bicyclic) bond motifs is 1. The Balaban J connectivity index is 1.01. The summed E-state index contributed by atoms with van der Waals surface area (Å²) in [5.41, 5.74) is 1.87. The number of benzene rings is 2. The Morgan fingerprint density at radius 2 is 1.76 bits per heavy atom. The molecule has 34 heavy (non-hydrogen) atoms. The maximum Gasteiger partial charge on any atom is 0.241 e. The molecule has 0 saturated carbocycles. The average Bonchev–Trinajstić information content (AvgIpc) is 3.50. The first-order valence-corrected chi connectivity index (χ1v) is 11.7. The van der Waals surface area contributed by atoms with Crippen LogP contribution in [-0.2, 0) is 17.9 Å². The first kappa shape index (κ1) is 23.1. The summed E-state index contributed by atoms with van der Waals surface area (Å²) in [4.78, 5) is 9.03. The third-order valence-corrected chi connectivity index (χ3v) is 6.13. The number of aliphatic hydroxyl groups excluding tert-OH is 1. The van der Waals surface area contributed by atoms with Gasteiger partial charge in [0.15, 0.2) is 11.5 Å². The molecule has 180 valence electrons. The highest BCUT2D eigenvalue weighted by molar-refractivity contribution is 6.30. The number of rotatable bonds is 9. The Morgan fingerprint density at radius 3 is 2.59 bits per heavy atom. The lowest BCUT2D eigenvalue weighted by atomic mass is 10.2. The van der Waals surface area contributed by atoms with E-state index in [2.05, 4.69) is 19.9 Å². The Morgan fingerprint density at radius 1 is 1.00 bits per heavy atom. The van der Waals surface area contributed by atoms with Gasteiger partial charge in [0.1, 0.15) is 0 Å². The van der Waals surface area contributed by atoms with Crippen molar-refractivity contribution in [2.75, 3.05) is 46.1 Å². The molecule has 1 aromatic heterocycles. The van der Waals surface area contributed by atoms with Crippen molar-refractivity contribution in [1.82, 2.24) is 19.9 Å². The maximum atomic E-state index is 10.4. The fourth-order valence-corrected chi connectivity index (χ4v) is 4.18. The van der Waals surface area contributed by atoms with Gasteiger partial charge in [0.25, 0.3) is 0 Å². The van der Waals surface area contributed by atoms with Crippen molar-refractivity contribution in [2.24, 2.45) is 0 Å². The third-order valence-electron chi connectivity index (χ3n) is 5.88. The second kappa shape index (κ2) is 10.7. The fourth-order valence-electron chi connectivity index (χ4n) is 4.05. The molecule has 1 N–H and O–H groups in total. The molecule has 3 aromatic rings. The molecule has 2 aromatic carbocycles. The van der Waals surface area contributed by atoms with Gasteiger partial charge in [-0.05, 0) is 42.0 Å². The minimum atomic E-state index is -0.543. The van der Waals surface area contributed by atoms with Gasteiger partial charge in [-0.1, -0.05) is 22.8 Å². The van der Waals surface area contributed by atoms with Gasteiger partial charge in [0.2, 0.25) is 18.5 Å². The zero-order valence-corrected chi connectivity index (χ0v) is 19.5. The number of nitrogens with zero attached hydrogens (tertiary/aromatic N) is 4. The number of piperazine rings is 1. The van der Waals surface area contributed by atoms with E-state index in [0.29, 0.717) is 36.4 Å². The Hall–Kier alpha value is -2.69. The van der Waals surface area contributed by atoms with E-state index in [9.17, 15) is 5.11 Å². The molecule has 9 nitrogen and oxygen atoms in total. The van der Waals surface area contributed by atoms with E-state index >= 15 is 0 Å². The van der Waals surface area contributed by atoms with Crippen LogP contribution in [0.4, 0.5) is 0 Å². The van der Waals surface area contributed by atoms with E-state index in [1.165, 1.54) is 0 Å². The zero-order chi connectivity index (χ0) is 23.3. The largest absolute Gasteiger partial charge is 0.454 e. The van der Waals surface area contributed by atoms with Gasteiger partial charge in [-0.25, -0.2) is 0 Å². The minimum Gasteiger partial charge on any atom is -0.454 e. The molecule has 0 spiro atoms. The van der Waals surface area contributed by atoms with Crippen LogP contribution in [0, 0.1) is 0 Å². The van der Waals surface area contributed by atoms with Crippen LogP contribution in [0.5, 0.6) is 11.5 Å². The molecule has 10 heteroatoms. The number of aromatic nitrogens is 2. The molecule has 3 heterocycles. The molecule has 1 fully saturated rings.